The summed E-state index contributed by atoms with van der Waals surface area (Å²) in [6.45, 7) is 2.44. The van der Waals surface area contributed by atoms with Gasteiger partial charge in [0.05, 0.1) is 6.20 Å². The lowest BCUT2D eigenvalue weighted by Gasteiger charge is -2.28. The molecular formula is C9H15N3. The second-order valence-electron chi connectivity index (χ2n) is 3.61. The number of rotatable bonds is 1. The van der Waals surface area contributed by atoms with Gasteiger partial charge in [-0.05, 0) is 44.5 Å². The first-order chi connectivity index (χ1) is 5.86. The maximum Gasteiger partial charge on any atom is 0.0522 e. The minimum Gasteiger partial charge on any atom is -0.306 e. The predicted octanol–water partition coefficient (Wildman–Crippen LogP) is 1.22. The molecule has 2 heterocycles. The topological polar surface area (TPSA) is 31.9 Å². The highest BCUT2D eigenvalue weighted by molar-refractivity contribution is 5.11. The van der Waals surface area contributed by atoms with Crippen molar-refractivity contribution in [3.63, 3.8) is 0 Å². The van der Waals surface area contributed by atoms with Crippen LogP contribution in [-0.4, -0.2) is 35.2 Å². The maximum absolute atomic E-state index is 3.98. The Balaban J connectivity index is 1.99. The third-order valence-corrected chi connectivity index (χ3v) is 2.71. The van der Waals surface area contributed by atoms with Crippen LogP contribution in [-0.2, 0) is 0 Å². The Bertz CT molecular complexity index is 222. The quantitative estimate of drug-likeness (QED) is 0.678. The van der Waals surface area contributed by atoms with E-state index in [2.05, 4.69) is 22.1 Å². The van der Waals surface area contributed by atoms with Crippen molar-refractivity contribution < 1.29 is 0 Å². The minimum atomic E-state index is 0.736. The lowest BCUT2D eigenvalue weighted by atomic mass is 9.92. The standard InChI is InChI=1S/C9H15N3/c1-12-4-2-8(3-5-12)9-6-10-11-7-9/h6-8H,2-5H2,1H3,(H,10,11). The Hall–Kier alpha value is -0.830. The van der Waals surface area contributed by atoms with Crippen LogP contribution in [0.5, 0.6) is 0 Å². The highest BCUT2D eigenvalue weighted by Crippen LogP contribution is 2.25. The van der Waals surface area contributed by atoms with Crippen LogP contribution in [0, 0.1) is 0 Å². The molecule has 0 unspecified atom stereocenters. The first-order valence-corrected chi connectivity index (χ1v) is 4.53. The highest BCUT2D eigenvalue weighted by atomic mass is 15.1. The van der Waals surface area contributed by atoms with Crippen molar-refractivity contribution in [3.05, 3.63) is 18.0 Å². The monoisotopic (exact) mass is 165 g/mol. The summed E-state index contributed by atoms with van der Waals surface area (Å²) < 4.78 is 0. The maximum atomic E-state index is 3.98. The smallest absolute Gasteiger partial charge is 0.0522 e. The zero-order valence-corrected chi connectivity index (χ0v) is 7.45. The highest BCUT2D eigenvalue weighted by Gasteiger charge is 2.18. The van der Waals surface area contributed by atoms with Gasteiger partial charge in [-0.3, -0.25) is 5.10 Å². The molecule has 1 aliphatic heterocycles. The average Bonchev–Trinajstić information content (AvgIpc) is 2.58. The molecule has 3 nitrogen and oxygen atoms in total. The van der Waals surface area contributed by atoms with E-state index < -0.39 is 0 Å². The van der Waals surface area contributed by atoms with E-state index in [4.69, 9.17) is 0 Å². The average molecular weight is 165 g/mol. The van der Waals surface area contributed by atoms with E-state index in [-0.39, 0.29) is 0 Å². The molecule has 1 aromatic heterocycles. The van der Waals surface area contributed by atoms with Crippen LogP contribution in [0.2, 0.25) is 0 Å². The first-order valence-electron chi connectivity index (χ1n) is 4.53. The molecule has 1 aliphatic rings. The van der Waals surface area contributed by atoms with E-state index >= 15 is 0 Å². The molecule has 1 saturated heterocycles. The Kier molecular flexibility index (Phi) is 2.13. The van der Waals surface area contributed by atoms with E-state index in [9.17, 15) is 0 Å². The van der Waals surface area contributed by atoms with Gasteiger partial charge in [0.1, 0.15) is 0 Å². The number of aromatic nitrogens is 2. The number of hydrogen-bond donors (Lipinski definition) is 1. The summed E-state index contributed by atoms with van der Waals surface area (Å²) in [5.41, 5.74) is 1.38. The summed E-state index contributed by atoms with van der Waals surface area (Å²) in [5, 5.41) is 6.85. The normalized spacial score (nSPS) is 21.4. The van der Waals surface area contributed by atoms with Crippen LogP contribution in [0.3, 0.4) is 0 Å². The molecule has 0 amide bonds. The lowest BCUT2D eigenvalue weighted by molar-refractivity contribution is 0.255. The third kappa shape index (κ3) is 1.50. The van der Waals surface area contributed by atoms with Crippen LogP contribution in [0.25, 0.3) is 0 Å². The summed E-state index contributed by atoms with van der Waals surface area (Å²) >= 11 is 0. The molecule has 0 bridgehead atoms. The van der Waals surface area contributed by atoms with Crippen LogP contribution in [0.4, 0.5) is 0 Å². The van der Waals surface area contributed by atoms with Gasteiger partial charge in [-0.1, -0.05) is 0 Å². The van der Waals surface area contributed by atoms with Crippen molar-refractivity contribution in [2.24, 2.45) is 0 Å². The Morgan fingerprint density at radius 2 is 2.25 bits per heavy atom. The van der Waals surface area contributed by atoms with E-state index in [1.807, 2.05) is 12.4 Å². The van der Waals surface area contributed by atoms with Crippen molar-refractivity contribution in [3.8, 4) is 0 Å². The zero-order chi connectivity index (χ0) is 8.39. The third-order valence-electron chi connectivity index (χ3n) is 2.71. The Morgan fingerprint density at radius 1 is 1.50 bits per heavy atom. The molecule has 1 aromatic rings. The lowest BCUT2D eigenvalue weighted by Crippen LogP contribution is -2.29. The van der Waals surface area contributed by atoms with Gasteiger partial charge in [-0.25, -0.2) is 0 Å². The largest absolute Gasteiger partial charge is 0.306 e. The molecule has 2 rings (SSSR count). The predicted molar refractivity (Wildman–Crippen MR) is 48.1 cm³/mol. The molecule has 3 heteroatoms. The number of aromatic amines is 1. The van der Waals surface area contributed by atoms with Crippen molar-refractivity contribution >= 4 is 0 Å². The van der Waals surface area contributed by atoms with Crippen molar-refractivity contribution in [1.29, 1.82) is 0 Å². The molecule has 1 N–H and O–H groups in total. The molecule has 0 spiro atoms. The van der Waals surface area contributed by atoms with Gasteiger partial charge in [-0.15, -0.1) is 0 Å². The summed E-state index contributed by atoms with van der Waals surface area (Å²) in [7, 11) is 2.19. The second-order valence-corrected chi connectivity index (χ2v) is 3.61. The number of nitrogens with one attached hydrogen (secondary N) is 1. The fraction of sp³-hybridized carbons (Fsp3) is 0.667. The van der Waals surface area contributed by atoms with Crippen LogP contribution < -0.4 is 0 Å². The SMILES string of the molecule is CN1CCC(c2cn[nH]c2)CC1. The summed E-state index contributed by atoms with van der Waals surface area (Å²) in [6, 6.07) is 0. The minimum absolute atomic E-state index is 0.736. The summed E-state index contributed by atoms with van der Waals surface area (Å²) in [4.78, 5) is 2.39. The van der Waals surface area contributed by atoms with Crippen LogP contribution >= 0.6 is 0 Å². The van der Waals surface area contributed by atoms with Crippen LogP contribution in [0.15, 0.2) is 12.4 Å². The van der Waals surface area contributed by atoms with Gasteiger partial charge in [0.15, 0.2) is 0 Å². The van der Waals surface area contributed by atoms with Gasteiger partial charge in [0.25, 0.3) is 0 Å². The number of H-pyrrole nitrogens is 1. The van der Waals surface area contributed by atoms with Gasteiger partial charge in [-0.2, -0.15) is 5.10 Å². The van der Waals surface area contributed by atoms with Gasteiger partial charge in [0, 0.05) is 6.20 Å². The summed E-state index contributed by atoms with van der Waals surface area (Å²) in [5.74, 6) is 0.736. The van der Waals surface area contributed by atoms with Crippen molar-refractivity contribution in [2.45, 2.75) is 18.8 Å². The molecule has 66 valence electrons. The van der Waals surface area contributed by atoms with Crippen LogP contribution in [0.1, 0.15) is 24.3 Å². The van der Waals surface area contributed by atoms with Crippen molar-refractivity contribution in [1.82, 2.24) is 15.1 Å². The molecule has 12 heavy (non-hydrogen) atoms. The molecule has 0 radical (unpaired) electrons. The Labute approximate surface area is 72.8 Å². The van der Waals surface area contributed by atoms with E-state index in [0.717, 1.165) is 5.92 Å². The molecule has 0 aromatic carbocycles. The van der Waals surface area contributed by atoms with Gasteiger partial charge in [0.2, 0.25) is 0 Å². The van der Waals surface area contributed by atoms with E-state index in [1.165, 1.54) is 31.5 Å². The number of hydrogen-bond acceptors (Lipinski definition) is 2. The molecular weight excluding hydrogens is 150 g/mol. The molecule has 0 atom stereocenters. The fourth-order valence-electron chi connectivity index (χ4n) is 1.83. The molecule has 0 aliphatic carbocycles. The number of nitrogens with zero attached hydrogens (tertiary/aromatic N) is 2. The van der Waals surface area contributed by atoms with E-state index in [0.29, 0.717) is 0 Å². The van der Waals surface area contributed by atoms with Gasteiger partial charge < -0.3 is 4.90 Å². The Morgan fingerprint density at radius 3 is 2.83 bits per heavy atom. The van der Waals surface area contributed by atoms with Crippen molar-refractivity contribution in [2.75, 3.05) is 20.1 Å². The molecule has 0 saturated carbocycles. The second kappa shape index (κ2) is 3.27. The van der Waals surface area contributed by atoms with E-state index in [1.54, 1.807) is 0 Å². The number of likely N-dealkylation sites (tertiary alicyclic amines) is 1. The first kappa shape index (κ1) is 7.80. The molecule has 1 fully saturated rings. The summed E-state index contributed by atoms with van der Waals surface area (Å²) in [6.07, 6.45) is 6.53. The van der Waals surface area contributed by atoms with Gasteiger partial charge >= 0.3 is 0 Å². The number of piperidine rings is 1. The fourth-order valence-corrected chi connectivity index (χ4v) is 1.83. The zero-order valence-electron chi connectivity index (χ0n) is 7.45.